The highest BCUT2D eigenvalue weighted by molar-refractivity contribution is 5.84. The quantitative estimate of drug-likeness (QED) is 0.861. The third-order valence-electron chi connectivity index (χ3n) is 5.09. The van der Waals surface area contributed by atoms with Crippen LogP contribution >= 0.6 is 0 Å². The lowest BCUT2D eigenvalue weighted by atomic mass is 9.71. The number of carbonyl (C=O) groups excluding carboxylic acids is 1. The number of hydrogen-bond donors (Lipinski definition) is 2. The van der Waals surface area contributed by atoms with E-state index in [1.54, 1.807) is 0 Å². The Kier molecular flexibility index (Phi) is 4.27. The van der Waals surface area contributed by atoms with E-state index in [0.29, 0.717) is 18.9 Å². The molecule has 2 fully saturated rings. The van der Waals surface area contributed by atoms with Crippen molar-refractivity contribution >= 4 is 11.7 Å². The van der Waals surface area contributed by atoms with Gasteiger partial charge in [0.25, 0.3) is 0 Å². The molecule has 0 bridgehead atoms. The molecule has 2 aliphatic rings. The van der Waals surface area contributed by atoms with Crippen molar-refractivity contribution in [3.63, 3.8) is 0 Å². The number of carbonyl (C=O) groups is 1. The summed E-state index contributed by atoms with van der Waals surface area (Å²) in [4.78, 5) is 23.6. The van der Waals surface area contributed by atoms with Gasteiger partial charge in [-0.25, -0.2) is 9.97 Å². The molecule has 3 heterocycles. The van der Waals surface area contributed by atoms with E-state index in [4.69, 9.17) is 0 Å². The molecule has 2 N–H and O–H groups in total. The van der Waals surface area contributed by atoms with Gasteiger partial charge in [0.2, 0.25) is 5.91 Å². The minimum Gasteiger partial charge on any atom is -0.391 e. The zero-order valence-corrected chi connectivity index (χ0v) is 14.2. The van der Waals surface area contributed by atoms with Gasteiger partial charge in [0.15, 0.2) is 0 Å². The van der Waals surface area contributed by atoms with Crippen LogP contribution < -0.4 is 10.2 Å². The maximum Gasteiger partial charge on any atom is 0.226 e. The SMILES string of the molecule is Cc1nc(C(C)C)cc(N2CCC3(CC2)CC(O)CNC3=O)n1. The zero-order valence-electron chi connectivity index (χ0n) is 14.2. The molecule has 1 unspecified atom stereocenters. The molecule has 1 aromatic heterocycles. The number of aryl methyl sites for hydroxylation is 1. The Hall–Kier alpha value is -1.69. The summed E-state index contributed by atoms with van der Waals surface area (Å²) in [7, 11) is 0. The number of nitrogens with one attached hydrogen (secondary N) is 1. The van der Waals surface area contributed by atoms with Gasteiger partial charge in [0.05, 0.1) is 11.5 Å². The first kappa shape index (κ1) is 16.2. The van der Waals surface area contributed by atoms with Crippen molar-refractivity contribution < 1.29 is 9.90 Å². The van der Waals surface area contributed by atoms with E-state index in [1.807, 2.05) is 6.92 Å². The van der Waals surface area contributed by atoms with Crippen molar-refractivity contribution in [3.8, 4) is 0 Å². The first-order chi connectivity index (χ1) is 10.9. The zero-order chi connectivity index (χ0) is 16.6. The van der Waals surface area contributed by atoms with Crippen LogP contribution in [0, 0.1) is 12.3 Å². The first-order valence-corrected chi connectivity index (χ1v) is 8.46. The van der Waals surface area contributed by atoms with Crippen LogP contribution in [0.25, 0.3) is 0 Å². The summed E-state index contributed by atoms with van der Waals surface area (Å²) in [6, 6.07) is 2.06. The van der Waals surface area contributed by atoms with Crippen molar-refractivity contribution in [2.75, 3.05) is 24.5 Å². The lowest BCUT2D eigenvalue weighted by molar-refractivity contribution is -0.138. The fourth-order valence-electron chi connectivity index (χ4n) is 3.64. The highest BCUT2D eigenvalue weighted by atomic mass is 16.3. The van der Waals surface area contributed by atoms with Gasteiger partial charge in [0, 0.05) is 31.4 Å². The number of hydrogen-bond acceptors (Lipinski definition) is 5. The molecule has 1 atom stereocenters. The topological polar surface area (TPSA) is 78.4 Å². The summed E-state index contributed by atoms with van der Waals surface area (Å²) in [5.41, 5.74) is 0.649. The Bertz CT molecular complexity index is 594. The van der Waals surface area contributed by atoms with Crippen LogP contribution in [0.3, 0.4) is 0 Å². The predicted molar refractivity (Wildman–Crippen MR) is 88.4 cm³/mol. The van der Waals surface area contributed by atoms with Gasteiger partial charge in [0.1, 0.15) is 11.6 Å². The summed E-state index contributed by atoms with van der Waals surface area (Å²) in [6.07, 6.45) is 1.67. The maximum atomic E-state index is 12.3. The van der Waals surface area contributed by atoms with E-state index >= 15 is 0 Å². The van der Waals surface area contributed by atoms with E-state index in [-0.39, 0.29) is 5.91 Å². The molecule has 0 radical (unpaired) electrons. The molecule has 3 rings (SSSR count). The molecule has 6 heteroatoms. The number of amides is 1. The van der Waals surface area contributed by atoms with Gasteiger partial charge in [-0.3, -0.25) is 4.79 Å². The molecule has 1 aromatic rings. The summed E-state index contributed by atoms with van der Waals surface area (Å²) in [5, 5.41) is 12.8. The van der Waals surface area contributed by atoms with Gasteiger partial charge >= 0.3 is 0 Å². The predicted octanol–water partition coefficient (Wildman–Crippen LogP) is 1.38. The molecule has 1 amide bonds. The monoisotopic (exact) mass is 318 g/mol. The molecule has 0 aliphatic carbocycles. The van der Waals surface area contributed by atoms with Gasteiger partial charge in [-0.1, -0.05) is 13.8 Å². The summed E-state index contributed by atoms with van der Waals surface area (Å²) >= 11 is 0. The molecule has 23 heavy (non-hydrogen) atoms. The highest BCUT2D eigenvalue weighted by Crippen LogP contribution is 2.39. The first-order valence-electron chi connectivity index (χ1n) is 8.46. The summed E-state index contributed by atoms with van der Waals surface area (Å²) in [5.74, 6) is 2.21. The Labute approximate surface area is 137 Å². The van der Waals surface area contributed by atoms with Crippen molar-refractivity contribution in [3.05, 3.63) is 17.6 Å². The molecular formula is C17H26N4O2. The van der Waals surface area contributed by atoms with Crippen LogP contribution in [0.4, 0.5) is 5.82 Å². The smallest absolute Gasteiger partial charge is 0.226 e. The van der Waals surface area contributed by atoms with Gasteiger partial charge in [-0.2, -0.15) is 0 Å². The number of anilines is 1. The normalized spacial score (nSPS) is 24.1. The third-order valence-corrected chi connectivity index (χ3v) is 5.09. The van der Waals surface area contributed by atoms with E-state index in [1.165, 1.54) is 0 Å². The number of β-amino-alcohol motifs (C(OH)–C–C–N with tert-alkyl or cyclic N) is 1. The van der Waals surface area contributed by atoms with Crippen molar-refractivity contribution in [2.24, 2.45) is 5.41 Å². The Morgan fingerprint density at radius 3 is 2.70 bits per heavy atom. The average molecular weight is 318 g/mol. The van der Waals surface area contributed by atoms with E-state index < -0.39 is 11.5 Å². The number of aliphatic hydroxyl groups excluding tert-OH is 1. The Morgan fingerprint density at radius 1 is 1.35 bits per heavy atom. The summed E-state index contributed by atoms with van der Waals surface area (Å²) < 4.78 is 0. The fourth-order valence-corrected chi connectivity index (χ4v) is 3.64. The number of aromatic nitrogens is 2. The molecule has 0 aromatic carbocycles. The van der Waals surface area contributed by atoms with Gasteiger partial charge in [-0.15, -0.1) is 0 Å². The lowest BCUT2D eigenvalue weighted by Gasteiger charge is -2.44. The number of aliphatic hydroxyl groups is 1. The van der Waals surface area contributed by atoms with Crippen LogP contribution in [-0.4, -0.2) is 46.7 Å². The number of piperidine rings is 2. The largest absolute Gasteiger partial charge is 0.391 e. The van der Waals surface area contributed by atoms with Crippen LogP contribution in [-0.2, 0) is 4.79 Å². The van der Waals surface area contributed by atoms with E-state index in [0.717, 1.165) is 43.3 Å². The fraction of sp³-hybridized carbons (Fsp3) is 0.706. The maximum absolute atomic E-state index is 12.3. The number of rotatable bonds is 2. The Morgan fingerprint density at radius 2 is 2.04 bits per heavy atom. The highest BCUT2D eigenvalue weighted by Gasteiger charge is 2.45. The lowest BCUT2D eigenvalue weighted by Crippen LogP contribution is -2.56. The molecule has 0 saturated carbocycles. The molecular weight excluding hydrogens is 292 g/mol. The van der Waals surface area contributed by atoms with Crippen molar-refractivity contribution in [2.45, 2.75) is 52.1 Å². The minimum atomic E-state index is -0.423. The van der Waals surface area contributed by atoms with Crippen LogP contribution in [0.2, 0.25) is 0 Å². The van der Waals surface area contributed by atoms with Crippen LogP contribution in [0.1, 0.15) is 50.5 Å². The third kappa shape index (κ3) is 3.17. The molecule has 126 valence electrons. The van der Waals surface area contributed by atoms with Crippen molar-refractivity contribution in [1.82, 2.24) is 15.3 Å². The second-order valence-corrected chi connectivity index (χ2v) is 7.19. The molecule has 2 aliphatic heterocycles. The second-order valence-electron chi connectivity index (χ2n) is 7.19. The van der Waals surface area contributed by atoms with Gasteiger partial charge < -0.3 is 15.3 Å². The standard InChI is InChI=1S/C17H26N4O2/c1-11(2)14-8-15(20-12(3)19-14)21-6-4-17(5-7-21)9-13(22)10-18-16(17)23/h8,11,13,22H,4-7,9-10H2,1-3H3,(H,18,23). The van der Waals surface area contributed by atoms with Gasteiger partial charge in [-0.05, 0) is 32.1 Å². The number of nitrogens with zero attached hydrogens (tertiary/aromatic N) is 3. The Balaban J connectivity index is 1.75. The van der Waals surface area contributed by atoms with Crippen LogP contribution in [0.15, 0.2) is 6.07 Å². The van der Waals surface area contributed by atoms with Crippen LogP contribution in [0.5, 0.6) is 0 Å². The van der Waals surface area contributed by atoms with E-state index in [9.17, 15) is 9.90 Å². The van der Waals surface area contributed by atoms with E-state index in [2.05, 4.69) is 40.1 Å². The van der Waals surface area contributed by atoms with Crippen molar-refractivity contribution in [1.29, 1.82) is 0 Å². The second kappa shape index (κ2) is 6.07. The molecule has 2 saturated heterocycles. The minimum absolute atomic E-state index is 0.101. The average Bonchev–Trinajstić information content (AvgIpc) is 2.51. The molecule has 1 spiro atoms. The summed E-state index contributed by atoms with van der Waals surface area (Å²) in [6.45, 7) is 8.14. The molecule has 6 nitrogen and oxygen atoms in total.